The molecular formula is C15H20N6. The number of piperidine rings is 1. The fourth-order valence-electron chi connectivity index (χ4n) is 3.54. The summed E-state index contributed by atoms with van der Waals surface area (Å²) in [5.41, 5.74) is 1.99. The van der Waals surface area contributed by atoms with Gasteiger partial charge in [-0.3, -0.25) is 10.1 Å². The van der Waals surface area contributed by atoms with Crippen LogP contribution in [0.4, 0.5) is 5.95 Å². The van der Waals surface area contributed by atoms with E-state index in [1.54, 1.807) is 6.20 Å². The monoisotopic (exact) mass is 284 g/mol. The Hall–Kier alpha value is -1.95. The number of nitrogens with zero attached hydrogens (tertiary/aromatic N) is 4. The molecule has 2 aromatic rings. The number of aromatic amines is 1. The SMILES string of the molecule is Cc1cccnc1-c1nc(N2CCCC3CNCC32)n[nH]1. The topological polar surface area (TPSA) is 69.7 Å². The van der Waals surface area contributed by atoms with Crippen molar-refractivity contribution in [1.29, 1.82) is 0 Å². The van der Waals surface area contributed by atoms with Crippen molar-refractivity contribution in [3.8, 4) is 11.5 Å². The van der Waals surface area contributed by atoms with Crippen molar-refractivity contribution in [1.82, 2.24) is 25.5 Å². The number of rotatable bonds is 2. The van der Waals surface area contributed by atoms with Crippen molar-refractivity contribution in [2.24, 2.45) is 5.92 Å². The van der Waals surface area contributed by atoms with Crippen molar-refractivity contribution in [2.75, 3.05) is 24.5 Å². The Labute approximate surface area is 124 Å². The van der Waals surface area contributed by atoms with E-state index < -0.39 is 0 Å². The Morgan fingerprint density at radius 1 is 1.33 bits per heavy atom. The number of anilines is 1. The molecule has 0 radical (unpaired) electrons. The van der Waals surface area contributed by atoms with Crippen LogP contribution >= 0.6 is 0 Å². The molecule has 2 atom stereocenters. The number of nitrogens with one attached hydrogen (secondary N) is 2. The van der Waals surface area contributed by atoms with Gasteiger partial charge in [-0.1, -0.05) is 6.07 Å². The summed E-state index contributed by atoms with van der Waals surface area (Å²) < 4.78 is 0. The van der Waals surface area contributed by atoms with Crippen molar-refractivity contribution < 1.29 is 0 Å². The Morgan fingerprint density at radius 2 is 2.29 bits per heavy atom. The van der Waals surface area contributed by atoms with E-state index >= 15 is 0 Å². The standard InChI is InChI=1S/C15H20N6/c1-10-4-2-6-17-13(10)14-18-15(20-19-14)21-7-3-5-11-8-16-9-12(11)21/h2,4,6,11-12,16H,3,5,7-9H2,1H3,(H,18,19,20). The fourth-order valence-corrected chi connectivity index (χ4v) is 3.54. The highest BCUT2D eigenvalue weighted by Gasteiger charge is 2.36. The number of hydrogen-bond acceptors (Lipinski definition) is 5. The number of hydrogen-bond donors (Lipinski definition) is 2. The van der Waals surface area contributed by atoms with Crippen LogP contribution in [0.15, 0.2) is 18.3 Å². The zero-order chi connectivity index (χ0) is 14.2. The number of pyridine rings is 1. The van der Waals surface area contributed by atoms with E-state index in [9.17, 15) is 0 Å². The maximum absolute atomic E-state index is 4.69. The highest BCUT2D eigenvalue weighted by atomic mass is 15.4. The molecule has 2 N–H and O–H groups in total. The van der Waals surface area contributed by atoms with Crippen LogP contribution in [-0.4, -0.2) is 45.8 Å². The van der Waals surface area contributed by atoms with Gasteiger partial charge in [0.25, 0.3) is 0 Å². The molecule has 0 saturated carbocycles. The summed E-state index contributed by atoms with van der Waals surface area (Å²) in [5.74, 6) is 2.31. The molecule has 0 aliphatic carbocycles. The van der Waals surface area contributed by atoms with Gasteiger partial charge in [0.15, 0.2) is 5.82 Å². The lowest BCUT2D eigenvalue weighted by Crippen LogP contribution is -2.45. The first kappa shape index (κ1) is 12.8. The highest BCUT2D eigenvalue weighted by molar-refractivity contribution is 5.55. The molecule has 4 heterocycles. The van der Waals surface area contributed by atoms with Gasteiger partial charge in [-0.05, 0) is 37.3 Å². The van der Waals surface area contributed by atoms with Crippen LogP contribution < -0.4 is 10.2 Å². The molecule has 0 amide bonds. The van der Waals surface area contributed by atoms with Gasteiger partial charge in [0, 0.05) is 31.9 Å². The maximum Gasteiger partial charge on any atom is 0.245 e. The Kier molecular flexibility index (Phi) is 3.11. The lowest BCUT2D eigenvalue weighted by atomic mass is 9.92. The van der Waals surface area contributed by atoms with Crippen LogP contribution in [-0.2, 0) is 0 Å². The van der Waals surface area contributed by atoms with Crippen LogP contribution in [0, 0.1) is 12.8 Å². The predicted molar refractivity (Wildman–Crippen MR) is 81.1 cm³/mol. The predicted octanol–water partition coefficient (Wildman–Crippen LogP) is 1.36. The van der Waals surface area contributed by atoms with E-state index in [1.807, 2.05) is 19.1 Å². The molecule has 0 aromatic carbocycles. The van der Waals surface area contributed by atoms with Crippen molar-refractivity contribution in [3.63, 3.8) is 0 Å². The minimum absolute atomic E-state index is 0.534. The second-order valence-electron chi connectivity index (χ2n) is 5.97. The van der Waals surface area contributed by atoms with E-state index in [4.69, 9.17) is 4.98 Å². The van der Waals surface area contributed by atoms with Crippen LogP contribution in [0.25, 0.3) is 11.5 Å². The minimum atomic E-state index is 0.534. The molecule has 2 saturated heterocycles. The minimum Gasteiger partial charge on any atom is -0.335 e. The number of aromatic nitrogens is 4. The normalized spacial score (nSPS) is 25.1. The molecule has 110 valence electrons. The Morgan fingerprint density at radius 3 is 3.19 bits per heavy atom. The first-order valence-corrected chi connectivity index (χ1v) is 7.64. The zero-order valence-corrected chi connectivity index (χ0v) is 12.2. The van der Waals surface area contributed by atoms with Gasteiger partial charge in [-0.2, -0.15) is 4.98 Å². The van der Waals surface area contributed by atoms with Crippen molar-refractivity contribution >= 4 is 5.95 Å². The van der Waals surface area contributed by atoms with Gasteiger partial charge < -0.3 is 10.2 Å². The molecule has 2 fully saturated rings. The molecule has 2 aliphatic rings. The Balaban J connectivity index is 1.64. The van der Waals surface area contributed by atoms with Gasteiger partial charge in [0.1, 0.15) is 5.69 Å². The smallest absolute Gasteiger partial charge is 0.245 e. The summed E-state index contributed by atoms with van der Waals surface area (Å²) in [7, 11) is 0. The lowest BCUT2D eigenvalue weighted by Gasteiger charge is -2.36. The Bertz CT molecular complexity index is 637. The van der Waals surface area contributed by atoms with Gasteiger partial charge in [-0.25, -0.2) is 0 Å². The third-order valence-corrected chi connectivity index (χ3v) is 4.64. The van der Waals surface area contributed by atoms with Gasteiger partial charge >= 0.3 is 0 Å². The van der Waals surface area contributed by atoms with Gasteiger partial charge in [-0.15, -0.1) is 5.10 Å². The molecule has 2 aliphatic heterocycles. The third-order valence-electron chi connectivity index (χ3n) is 4.64. The number of fused-ring (bicyclic) bond motifs is 1. The van der Waals surface area contributed by atoms with Crippen molar-refractivity contribution in [3.05, 3.63) is 23.9 Å². The van der Waals surface area contributed by atoms with E-state index in [2.05, 4.69) is 25.4 Å². The summed E-state index contributed by atoms with van der Waals surface area (Å²) in [4.78, 5) is 11.5. The molecule has 4 rings (SSSR count). The van der Waals surface area contributed by atoms with Gasteiger partial charge in [0.2, 0.25) is 5.95 Å². The highest BCUT2D eigenvalue weighted by Crippen LogP contribution is 2.29. The summed E-state index contributed by atoms with van der Waals surface area (Å²) in [6, 6.07) is 4.52. The fraction of sp³-hybridized carbons (Fsp3) is 0.533. The van der Waals surface area contributed by atoms with E-state index in [0.29, 0.717) is 6.04 Å². The zero-order valence-electron chi connectivity index (χ0n) is 12.2. The summed E-state index contributed by atoms with van der Waals surface area (Å²) in [5, 5.41) is 11.0. The first-order valence-electron chi connectivity index (χ1n) is 7.64. The van der Waals surface area contributed by atoms with E-state index in [1.165, 1.54) is 12.8 Å². The van der Waals surface area contributed by atoms with Crippen LogP contribution in [0.2, 0.25) is 0 Å². The molecule has 0 spiro atoms. The molecule has 6 heteroatoms. The summed E-state index contributed by atoms with van der Waals surface area (Å²) >= 11 is 0. The number of H-pyrrole nitrogens is 1. The average Bonchev–Trinajstić information content (AvgIpc) is 3.16. The summed E-state index contributed by atoms with van der Waals surface area (Å²) in [6.45, 7) is 5.25. The van der Waals surface area contributed by atoms with Gasteiger partial charge in [0.05, 0.1) is 0 Å². The number of aryl methyl sites for hydroxylation is 1. The van der Waals surface area contributed by atoms with Crippen molar-refractivity contribution in [2.45, 2.75) is 25.8 Å². The second-order valence-corrected chi connectivity index (χ2v) is 5.97. The van der Waals surface area contributed by atoms with Crippen LogP contribution in [0.5, 0.6) is 0 Å². The average molecular weight is 284 g/mol. The second kappa shape index (κ2) is 5.11. The van der Waals surface area contributed by atoms with E-state index in [0.717, 1.165) is 48.6 Å². The summed E-state index contributed by atoms with van der Waals surface area (Å²) in [6.07, 6.45) is 4.32. The molecular weight excluding hydrogens is 264 g/mol. The maximum atomic E-state index is 4.69. The first-order chi connectivity index (χ1) is 10.3. The molecule has 6 nitrogen and oxygen atoms in total. The van der Waals surface area contributed by atoms with Crippen LogP contribution in [0.1, 0.15) is 18.4 Å². The molecule has 2 aromatic heterocycles. The lowest BCUT2D eigenvalue weighted by molar-refractivity contribution is 0.381. The van der Waals surface area contributed by atoms with Crippen LogP contribution in [0.3, 0.4) is 0 Å². The molecule has 2 unspecified atom stereocenters. The largest absolute Gasteiger partial charge is 0.335 e. The third kappa shape index (κ3) is 2.19. The van der Waals surface area contributed by atoms with E-state index in [-0.39, 0.29) is 0 Å². The molecule has 21 heavy (non-hydrogen) atoms. The quantitative estimate of drug-likeness (QED) is 0.871. The molecule has 0 bridgehead atoms.